The SMILES string of the molecule is CCC(C)NC(=O)N1c2ccccc2CC1C(=O)O. The van der Waals surface area contributed by atoms with Crippen LogP contribution in [-0.2, 0) is 11.2 Å². The highest BCUT2D eigenvalue weighted by Crippen LogP contribution is 2.32. The van der Waals surface area contributed by atoms with E-state index in [1.54, 1.807) is 6.07 Å². The van der Waals surface area contributed by atoms with Gasteiger partial charge >= 0.3 is 12.0 Å². The van der Waals surface area contributed by atoms with Crippen molar-refractivity contribution in [2.45, 2.75) is 38.8 Å². The summed E-state index contributed by atoms with van der Waals surface area (Å²) in [7, 11) is 0. The van der Waals surface area contributed by atoms with Crippen molar-refractivity contribution in [3.05, 3.63) is 29.8 Å². The number of carboxylic acid groups (broad SMARTS) is 1. The molecule has 1 heterocycles. The van der Waals surface area contributed by atoms with Crippen molar-refractivity contribution in [3.63, 3.8) is 0 Å². The summed E-state index contributed by atoms with van der Waals surface area (Å²) in [5.74, 6) is -0.976. The lowest BCUT2D eigenvalue weighted by molar-refractivity contribution is -0.138. The molecule has 0 saturated heterocycles. The van der Waals surface area contributed by atoms with Gasteiger partial charge in [0.2, 0.25) is 0 Å². The number of hydrogen-bond donors (Lipinski definition) is 2. The molecule has 0 aliphatic carbocycles. The van der Waals surface area contributed by atoms with Crippen LogP contribution in [0.15, 0.2) is 24.3 Å². The van der Waals surface area contributed by atoms with Crippen LogP contribution in [0.3, 0.4) is 0 Å². The molecular formula is C14H18N2O3. The Bertz CT molecular complexity index is 501. The first-order chi connectivity index (χ1) is 9.04. The zero-order valence-electron chi connectivity index (χ0n) is 11.1. The van der Waals surface area contributed by atoms with Crippen LogP contribution >= 0.6 is 0 Å². The summed E-state index contributed by atoms with van der Waals surface area (Å²) >= 11 is 0. The molecule has 2 rings (SSSR count). The largest absolute Gasteiger partial charge is 0.480 e. The fraction of sp³-hybridized carbons (Fsp3) is 0.429. The van der Waals surface area contributed by atoms with Gasteiger partial charge in [0.05, 0.1) is 0 Å². The maximum absolute atomic E-state index is 12.2. The Balaban J connectivity index is 2.29. The fourth-order valence-electron chi connectivity index (χ4n) is 2.22. The van der Waals surface area contributed by atoms with E-state index in [9.17, 15) is 14.7 Å². The van der Waals surface area contributed by atoms with E-state index in [0.29, 0.717) is 12.1 Å². The number of benzene rings is 1. The predicted molar refractivity (Wildman–Crippen MR) is 72.3 cm³/mol. The number of carbonyl (C=O) groups is 2. The minimum Gasteiger partial charge on any atom is -0.480 e. The number of nitrogens with zero attached hydrogens (tertiary/aromatic N) is 1. The van der Waals surface area contributed by atoms with Gasteiger partial charge in [0, 0.05) is 18.2 Å². The second-order valence-electron chi connectivity index (χ2n) is 4.82. The molecule has 5 heteroatoms. The van der Waals surface area contributed by atoms with E-state index in [4.69, 9.17) is 0 Å². The Kier molecular flexibility index (Phi) is 3.74. The number of carbonyl (C=O) groups excluding carboxylic acids is 1. The lowest BCUT2D eigenvalue weighted by Gasteiger charge is -2.24. The van der Waals surface area contributed by atoms with Crippen LogP contribution in [0.1, 0.15) is 25.8 Å². The third kappa shape index (κ3) is 2.54. The predicted octanol–water partition coefficient (Wildman–Crippen LogP) is 2.01. The minimum absolute atomic E-state index is 0.0229. The van der Waals surface area contributed by atoms with Gasteiger partial charge in [-0.3, -0.25) is 4.90 Å². The van der Waals surface area contributed by atoms with Crippen LogP contribution < -0.4 is 10.2 Å². The zero-order valence-corrected chi connectivity index (χ0v) is 11.1. The summed E-state index contributed by atoms with van der Waals surface area (Å²) in [4.78, 5) is 24.9. The van der Waals surface area contributed by atoms with Gasteiger partial charge in [-0.25, -0.2) is 9.59 Å². The molecule has 0 aromatic heterocycles. The highest BCUT2D eigenvalue weighted by atomic mass is 16.4. The number of para-hydroxylation sites is 1. The summed E-state index contributed by atoms with van der Waals surface area (Å²) in [5, 5.41) is 12.1. The number of carboxylic acids is 1. The molecule has 1 aromatic rings. The Morgan fingerprint density at radius 3 is 2.79 bits per heavy atom. The molecule has 1 aliphatic rings. The summed E-state index contributed by atoms with van der Waals surface area (Å²) in [6, 6.07) is 6.18. The number of fused-ring (bicyclic) bond motifs is 1. The average Bonchev–Trinajstić information content (AvgIpc) is 2.78. The average molecular weight is 262 g/mol. The third-order valence-electron chi connectivity index (χ3n) is 3.46. The molecule has 2 N–H and O–H groups in total. The van der Waals surface area contributed by atoms with Crippen molar-refractivity contribution in [2.24, 2.45) is 0 Å². The second kappa shape index (κ2) is 5.30. The number of amides is 2. The summed E-state index contributed by atoms with van der Waals surface area (Å²) in [6.45, 7) is 3.87. The van der Waals surface area contributed by atoms with Gasteiger partial charge in [-0.15, -0.1) is 0 Å². The third-order valence-corrected chi connectivity index (χ3v) is 3.46. The van der Waals surface area contributed by atoms with Gasteiger partial charge in [0.15, 0.2) is 0 Å². The van der Waals surface area contributed by atoms with Crippen molar-refractivity contribution in [3.8, 4) is 0 Å². The highest BCUT2D eigenvalue weighted by molar-refractivity contribution is 6.01. The molecule has 0 radical (unpaired) electrons. The number of hydrogen-bond acceptors (Lipinski definition) is 2. The zero-order chi connectivity index (χ0) is 14.0. The van der Waals surface area contributed by atoms with Crippen LogP contribution in [0, 0.1) is 0 Å². The highest BCUT2D eigenvalue weighted by Gasteiger charge is 2.38. The second-order valence-corrected chi connectivity index (χ2v) is 4.82. The van der Waals surface area contributed by atoms with Gasteiger partial charge in [-0.2, -0.15) is 0 Å². The van der Waals surface area contributed by atoms with Crippen molar-refractivity contribution in [2.75, 3.05) is 4.90 Å². The number of nitrogens with one attached hydrogen (secondary N) is 1. The smallest absolute Gasteiger partial charge is 0.327 e. The van der Waals surface area contributed by atoms with Crippen LogP contribution in [0.2, 0.25) is 0 Å². The van der Waals surface area contributed by atoms with E-state index in [0.717, 1.165) is 12.0 Å². The molecular weight excluding hydrogens is 244 g/mol. The number of aliphatic carboxylic acids is 1. The number of rotatable bonds is 3. The van der Waals surface area contributed by atoms with Gasteiger partial charge < -0.3 is 10.4 Å². The number of urea groups is 1. The lowest BCUT2D eigenvalue weighted by atomic mass is 10.1. The molecule has 1 aromatic carbocycles. The van der Waals surface area contributed by atoms with E-state index in [2.05, 4.69) is 5.32 Å². The normalized spacial score (nSPS) is 18.8. The van der Waals surface area contributed by atoms with Gasteiger partial charge in [0.1, 0.15) is 6.04 Å². The maximum atomic E-state index is 12.2. The summed E-state index contributed by atoms with van der Waals surface area (Å²) in [6.07, 6.45) is 1.17. The van der Waals surface area contributed by atoms with Crippen LogP contribution in [0.25, 0.3) is 0 Å². The van der Waals surface area contributed by atoms with E-state index >= 15 is 0 Å². The van der Waals surface area contributed by atoms with E-state index in [-0.39, 0.29) is 12.1 Å². The first-order valence-electron chi connectivity index (χ1n) is 6.45. The van der Waals surface area contributed by atoms with Crippen LogP contribution in [0.4, 0.5) is 10.5 Å². The van der Waals surface area contributed by atoms with E-state index < -0.39 is 12.0 Å². The Morgan fingerprint density at radius 2 is 2.16 bits per heavy atom. The quantitative estimate of drug-likeness (QED) is 0.875. The van der Waals surface area contributed by atoms with E-state index in [1.165, 1.54) is 4.90 Å². The molecule has 5 nitrogen and oxygen atoms in total. The van der Waals surface area contributed by atoms with Gasteiger partial charge in [0.25, 0.3) is 0 Å². The topological polar surface area (TPSA) is 69.6 Å². The fourth-order valence-corrected chi connectivity index (χ4v) is 2.22. The molecule has 0 fully saturated rings. The molecule has 2 unspecified atom stereocenters. The molecule has 0 saturated carbocycles. The monoisotopic (exact) mass is 262 g/mol. The first-order valence-corrected chi connectivity index (χ1v) is 6.45. The molecule has 0 spiro atoms. The standard InChI is InChI=1S/C14H18N2O3/c1-3-9(2)15-14(19)16-11-7-5-4-6-10(11)8-12(16)13(17)18/h4-7,9,12H,3,8H2,1-2H3,(H,15,19)(H,17,18). The lowest BCUT2D eigenvalue weighted by Crippen LogP contribution is -2.50. The maximum Gasteiger partial charge on any atom is 0.327 e. The van der Waals surface area contributed by atoms with Gasteiger partial charge in [-0.05, 0) is 25.0 Å². The Hall–Kier alpha value is -2.04. The van der Waals surface area contributed by atoms with E-state index in [1.807, 2.05) is 32.0 Å². The van der Waals surface area contributed by atoms with Crippen molar-refractivity contribution >= 4 is 17.7 Å². The van der Waals surface area contributed by atoms with Crippen molar-refractivity contribution in [1.29, 1.82) is 0 Å². The number of anilines is 1. The molecule has 102 valence electrons. The summed E-state index contributed by atoms with van der Waals surface area (Å²) in [5.41, 5.74) is 1.59. The first kappa shape index (κ1) is 13.4. The van der Waals surface area contributed by atoms with Crippen LogP contribution in [-0.4, -0.2) is 29.2 Å². The van der Waals surface area contributed by atoms with Crippen molar-refractivity contribution in [1.82, 2.24) is 5.32 Å². The Morgan fingerprint density at radius 1 is 1.47 bits per heavy atom. The molecule has 2 atom stereocenters. The van der Waals surface area contributed by atoms with Crippen LogP contribution in [0.5, 0.6) is 0 Å². The molecule has 2 amide bonds. The van der Waals surface area contributed by atoms with Crippen molar-refractivity contribution < 1.29 is 14.7 Å². The minimum atomic E-state index is -0.976. The Labute approximate surface area is 112 Å². The van der Waals surface area contributed by atoms with Gasteiger partial charge in [-0.1, -0.05) is 25.1 Å². The summed E-state index contributed by atoms with van der Waals surface area (Å²) < 4.78 is 0. The molecule has 0 bridgehead atoms. The molecule has 1 aliphatic heterocycles. The molecule has 19 heavy (non-hydrogen) atoms.